The molecule has 3 nitrogen and oxygen atoms in total. The van der Waals surface area contributed by atoms with E-state index in [1.54, 1.807) is 6.08 Å². The Morgan fingerprint density at radius 3 is 2.77 bits per heavy atom. The van der Waals surface area contributed by atoms with Crippen LogP contribution in [0.25, 0.3) is 0 Å². The molecule has 0 aliphatic carbocycles. The normalized spacial score (nSPS) is 8.69. The molecular weight excluding hydrogens is 168 g/mol. The first kappa shape index (κ1) is 11.7. The second-order valence-electron chi connectivity index (χ2n) is 2.65. The number of esters is 1. The third kappa shape index (κ3) is 8.57. The SMILES string of the molecule is C=C=CCCCOC(=O)CC(C)=O. The molecule has 0 saturated heterocycles. The number of Topliss-reactive ketones (excluding diaryl/α,β-unsaturated/α-hetero) is 1. The number of ketones is 1. The third-order valence-electron chi connectivity index (χ3n) is 1.29. The van der Waals surface area contributed by atoms with Crippen molar-refractivity contribution in [2.24, 2.45) is 0 Å². The molecule has 3 heteroatoms. The highest BCUT2D eigenvalue weighted by atomic mass is 16.5. The molecule has 0 N–H and O–H groups in total. The quantitative estimate of drug-likeness (QED) is 0.271. The summed E-state index contributed by atoms with van der Waals surface area (Å²) in [5, 5.41) is 0. The van der Waals surface area contributed by atoms with Crippen molar-refractivity contribution in [2.45, 2.75) is 26.2 Å². The monoisotopic (exact) mass is 182 g/mol. The highest BCUT2D eigenvalue weighted by Crippen LogP contribution is 1.93. The number of carbonyl (C=O) groups excluding carboxylic acids is 2. The zero-order valence-electron chi connectivity index (χ0n) is 7.84. The van der Waals surface area contributed by atoms with E-state index in [4.69, 9.17) is 4.74 Å². The van der Waals surface area contributed by atoms with Crippen molar-refractivity contribution in [1.82, 2.24) is 0 Å². The van der Waals surface area contributed by atoms with Gasteiger partial charge in [-0.3, -0.25) is 9.59 Å². The highest BCUT2D eigenvalue weighted by Gasteiger charge is 2.04. The Balaban J connectivity index is 3.37. The van der Waals surface area contributed by atoms with Crippen LogP contribution in [-0.2, 0) is 14.3 Å². The van der Waals surface area contributed by atoms with Gasteiger partial charge in [-0.2, -0.15) is 0 Å². The Labute approximate surface area is 78.1 Å². The first-order valence-electron chi connectivity index (χ1n) is 4.16. The number of hydrogen-bond acceptors (Lipinski definition) is 3. The molecule has 13 heavy (non-hydrogen) atoms. The second-order valence-corrected chi connectivity index (χ2v) is 2.65. The van der Waals surface area contributed by atoms with Crippen LogP contribution in [0.4, 0.5) is 0 Å². The van der Waals surface area contributed by atoms with Crippen LogP contribution in [0.15, 0.2) is 18.4 Å². The zero-order valence-corrected chi connectivity index (χ0v) is 7.84. The highest BCUT2D eigenvalue weighted by molar-refractivity contribution is 5.94. The van der Waals surface area contributed by atoms with Crippen molar-refractivity contribution < 1.29 is 14.3 Å². The van der Waals surface area contributed by atoms with E-state index in [2.05, 4.69) is 12.3 Å². The number of unbranched alkanes of at least 4 members (excludes halogenated alkanes) is 1. The molecule has 0 aromatic rings. The second kappa shape index (κ2) is 7.32. The summed E-state index contributed by atoms with van der Waals surface area (Å²) in [5.41, 5.74) is 2.62. The summed E-state index contributed by atoms with van der Waals surface area (Å²) in [4.78, 5) is 21.3. The van der Waals surface area contributed by atoms with Crippen LogP contribution in [-0.4, -0.2) is 18.4 Å². The molecule has 0 aliphatic rings. The summed E-state index contributed by atoms with van der Waals surface area (Å²) in [7, 11) is 0. The molecule has 0 radical (unpaired) electrons. The van der Waals surface area contributed by atoms with Gasteiger partial charge in [0.2, 0.25) is 0 Å². The van der Waals surface area contributed by atoms with Gasteiger partial charge < -0.3 is 4.74 Å². The van der Waals surface area contributed by atoms with E-state index in [-0.39, 0.29) is 12.2 Å². The molecule has 0 aromatic carbocycles. The lowest BCUT2D eigenvalue weighted by Crippen LogP contribution is -2.09. The number of carbonyl (C=O) groups is 2. The minimum atomic E-state index is -0.449. The van der Waals surface area contributed by atoms with Crippen molar-refractivity contribution in [3.8, 4) is 0 Å². The van der Waals surface area contributed by atoms with Gasteiger partial charge in [-0.05, 0) is 25.8 Å². The molecule has 0 amide bonds. The molecule has 72 valence electrons. The Kier molecular flexibility index (Phi) is 6.56. The van der Waals surface area contributed by atoms with Gasteiger partial charge in [-0.25, -0.2) is 0 Å². The van der Waals surface area contributed by atoms with E-state index < -0.39 is 5.97 Å². The van der Waals surface area contributed by atoms with E-state index in [1.807, 2.05) is 0 Å². The van der Waals surface area contributed by atoms with Gasteiger partial charge in [0.05, 0.1) is 6.61 Å². The average Bonchev–Trinajstić information content (AvgIpc) is 2.02. The van der Waals surface area contributed by atoms with Crippen LogP contribution < -0.4 is 0 Å². The topological polar surface area (TPSA) is 43.4 Å². The molecule has 0 spiro atoms. The fraction of sp³-hybridized carbons (Fsp3) is 0.500. The number of ether oxygens (including phenoxy) is 1. The molecule has 0 heterocycles. The molecular formula is C10H14O3. The van der Waals surface area contributed by atoms with Crippen molar-refractivity contribution in [1.29, 1.82) is 0 Å². The van der Waals surface area contributed by atoms with E-state index in [0.29, 0.717) is 6.61 Å². The molecule has 0 aromatic heterocycles. The maximum atomic E-state index is 10.8. The number of allylic oxidation sites excluding steroid dienone is 1. The predicted octanol–water partition coefficient (Wildman–Crippen LogP) is 1.63. The average molecular weight is 182 g/mol. The number of hydrogen-bond donors (Lipinski definition) is 0. The van der Waals surface area contributed by atoms with Crippen molar-refractivity contribution in [3.63, 3.8) is 0 Å². The first-order valence-corrected chi connectivity index (χ1v) is 4.16. The van der Waals surface area contributed by atoms with Crippen molar-refractivity contribution >= 4 is 11.8 Å². The molecule has 0 bridgehead atoms. The standard InChI is InChI=1S/C10H14O3/c1-3-4-5-6-7-13-10(12)8-9(2)11/h4H,1,5-8H2,2H3. The molecule has 0 unspecified atom stereocenters. The smallest absolute Gasteiger partial charge is 0.313 e. The first-order chi connectivity index (χ1) is 6.16. The largest absolute Gasteiger partial charge is 0.465 e. The van der Waals surface area contributed by atoms with Crippen LogP contribution >= 0.6 is 0 Å². The summed E-state index contributed by atoms with van der Waals surface area (Å²) < 4.78 is 4.77. The molecule has 0 rings (SSSR count). The summed E-state index contributed by atoms with van der Waals surface area (Å²) in [6.07, 6.45) is 3.18. The van der Waals surface area contributed by atoms with Crippen molar-refractivity contribution in [3.05, 3.63) is 18.4 Å². The fourth-order valence-electron chi connectivity index (χ4n) is 0.728. The van der Waals surface area contributed by atoms with Gasteiger partial charge in [-0.1, -0.05) is 6.58 Å². The third-order valence-corrected chi connectivity index (χ3v) is 1.29. The Morgan fingerprint density at radius 1 is 1.54 bits per heavy atom. The predicted molar refractivity (Wildman–Crippen MR) is 49.2 cm³/mol. The fourth-order valence-corrected chi connectivity index (χ4v) is 0.728. The van der Waals surface area contributed by atoms with E-state index in [9.17, 15) is 9.59 Å². The molecule has 0 fully saturated rings. The van der Waals surface area contributed by atoms with Gasteiger partial charge >= 0.3 is 5.97 Å². The minimum Gasteiger partial charge on any atom is -0.465 e. The molecule has 0 atom stereocenters. The lowest BCUT2D eigenvalue weighted by molar-refractivity contribution is -0.145. The maximum Gasteiger partial charge on any atom is 0.313 e. The minimum absolute atomic E-state index is 0.128. The van der Waals surface area contributed by atoms with Gasteiger partial charge in [-0.15, -0.1) is 5.73 Å². The van der Waals surface area contributed by atoms with Crippen LogP contribution in [0.3, 0.4) is 0 Å². The van der Waals surface area contributed by atoms with Crippen LogP contribution in [0.1, 0.15) is 26.2 Å². The van der Waals surface area contributed by atoms with Crippen LogP contribution in [0.5, 0.6) is 0 Å². The number of rotatable bonds is 6. The Hall–Kier alpha value is -1.34. The Bertz CT molecular complexity index is 224. The van der Waals surface area contributed by atoms with E-state index >= 15 is 0 Å². The summed E-state index contributed by atoms with van der Waals surface area (Å²) in [6.45, 7) is 5.11. The zero-order chi connectivity index (χ0) is 10.1. The lowest BCUT2D eigenvalue weighted by atomic mass is 10.3. The van der Waals surface area contributed by atoms with E-state index in [1.165, 1.54) is 6.92 Å². The maximum absolute atomic E-state index is 10.8. The summed E-state index contributed by atoms with van der Waals surface area (Å²) >= 11 is 0. The van der Waals surface area contributed by atoms with Crippen molar-refractivity contribution in [2.75, 3.05) is 6.61 Å². The van der Waals surface area contributed by atoms with Crippen LogP contribution in [0.2, 0.25) is 0 Å². The van der Waals surface area contributed by atoms with Crippen LogP contribution in [0, 0.1) is 0 Å². The molecule has 0 aliphatic heterocycles. The van der Waals surface area contributed by atoms with Gasteiger partial charge in [0.25, 0.3) is 0 Å². The molecule has 0 saturated carbocycles. The summed E-state index contributed by atoms with van der Waals surface area (Å²) in [5.74, 6) is -0.619. The van der Waals surface area contributed by atoms with Gasteiger partial charge in [0.1, 0.15) is 12.2 Å². The van der Waals surface area contributed by atoms with Gasteiger partial charge in [0, 0.05) is 0 Å². The lowest BCUT2D eigenvalue weighted by Gasteiger charge is -2.00. The van der Waals surface area contributed by atoms with Gasteiger partial charge in [0.15, 0.2) is 0 Å². The summed E-state index contributed by atoms with van der Waals surface area (Å²) in [6, 6.07) is 0. The van der Waals surface area contributed by atoms with E-state index in [0.717, 1.165) is 12.8 Å². The Morgan fingerprint density at radius 2 is 2.23 bits per heavy atom.